The second-order valence-corrected chi connectivity index (χ2v) is 4.92. The lowest BCUT2D eigenvalue weighted by Crippen LogP contribution is -2.00. The zero-order valence-corrected chi connectivity index (χ0v) is 10.3. The highest BCUT2D eigenvalue weighted by Gasteiger charge is 2.04. The summed E-state index contributed by atoms with van der Waals surface area (Å²) in [5, 5.41) is 9.78. The first-order valence-electron chi connectivity index (χ1n) is 3.95. The molecule has 74 valence electrons. The molecule has 14 heavy (non-hydrogen) atoms. The van der Waals surface area contributed by atoms with Crippen molar-refractivity contribution in [2.45, 2.75) is 12.4 Å². The quantitative estimate of drug-likeness (QED) is 0.815. The van der Waals surface area contributed by atoms with E-state index in [4.69, 9.17) is 11.6 Å². The van der Waals surface area contributed by atoms with Gasteiger partial charge >= 0.3 is 0 Å². The Labute approximate surface area is 98.9 Å². The molecule has 2 aromatic heterocycles. The van der Waals surface area contributed by atoms with Gasteiger partial charge in [-0.15, -0.1) is 33.1 Å². The lowest BCUT2D eigenvalue weighted by molar-refractivity contribution is 0.764. The number of thiophene rings is 1. The molecule has 2 heterocycles. The van der Waals surface area contributed by atoms with Gasteiger partial charge in [-0.2, -0.15) is 0 Å². The van der Waals surface area contributed by atoms with Gasteiger partial charge in [0.25, 0.3) is 0 Å². The summed E-state index contributed by atoms with van der Waals surface area (Å²) in [5.41, 5.74) is 0. The first-order chi connectivity index (χ1) is 6.79. The molecule has 0 saturated carbocycles. The minimum absolute atomic E-state index is 0.395. The number of alkyl halides is 1. The summed E-state index contributed by atoms with van der Waals surface area (Å²) < 4.78 is 3.06. The van der Waals surface area contributed by atoms with E-state index in [-0.39, 0.29) is 0 Å². The van der Waals surface area contributed by atoms with Crippen LogP contribution in [0.25, 0.3) is 0 Å². The maximum Gasteiger partial charge on any atom is 0.148 e. The molecule has 6 heteroatoms. The lowest BCUT2D eigenvalue weighted by atomic mass is 10.4. The topological polar surface area (TPSA) is 30.7 Å². The molecule has 0 amide bonds. The van der Waals surface area contributed by atoms with Crippen molar-refractivity contribution in [2.75, 3.05) is 0 Å². The van der Waals surface area contributed by atoms with Gasteiger partial charge in [-0.1, -0.05) is 0 Å². The summed E-state index contributed by atoms with van der Waals surface area (Å²) in [6.07, 6.45) is 1.70. The number of rotatable bonds is 3. The molecule has 0 radical (unpaired) electrons. The van der Waals surface area contributed by atoms with Crippen LogP contribution >= 0.6 is 38.9 Å². The van der Waals surface area contributed by atoms with Crippen molar-refractivity contribution in [1.29, 1.82) is 0 Å². The predicted octanol–water partition coefficient (Wildman–Crippen LogP) is 2.89. The van der Waals surface area contributed by atoms with E-state index in [9.17, 15) is 0 Å². The molecule has 0 aliphatic carbocycles. The Morgan fingerprint density at radius 3 is 3.07 bits per heavy atom. The van der Waals surface area contributed by atoms with Gasteiger partial charge in [0, 0.05) is 14.7 Å². The zero-order valence-electron chi connectivity index (χ0n) is 7.15. The van der Waals surface area contributed by atoms with Crippen molar-refractivity contribution in [3.8, 4) is 0 Å². The molecular formula is C8H7BrClN3S. The summed E-state index contributed by atoms with van der Waals surface area (Å²) >= 11 is 10.8. The van der Waals surface area contributed by atoms with Crippen LogP contribution in [0.5, 0.6) is 0 Å². The van der Waals surface area contributed by atoms with Crippen LogP contribution in [-0.4, -0.2) is 14.8 Å². The van der Waals surface area contributed by atoms with E-state index in [0.29, 0.717) is 5.88 Å². The van der Waals surface area contributed by atoms with Gasteiger partial charge in [-0.3, -0.25) is 0 Å². The average Bonchev–Trinajstić information content (AvgIpc) is 2.76. The van der Waals surface area contributed by atoms with Gasteiger partial charge in [0.15, 0.2) is 0 Å². The van der Waals surface area contributed by atoms with E-state index >= 15 is 0 Å². The highest BCUT2D eigenvalue weighted by Crippen LogP contribution is 2.20. The maximum atomic E-state index is 5.72. The van der Waals surface area contributed by atoms with Gasteiger partial charge < -0.3 is 4.57 Å². The van der Waals surface area contributed by atoms with Crippen LogP contribution < -0.4 is 0 Å². The summed E-state index contributed by atoms with van der Waals surface area (Å²) in [6, 6.07) is 2.09. The van der Waals surface area contributed by atoms with Crippen molar-refractivity contribution in [2.24, 2.45) is 0 Å². The molecule has 0 bridgehead atoms. The number of hydrogen-bond acceptors (Lipinski definition) is 3. The molecule has 0 aliphatic heterocycles. The van der Waals surface area contributed by atoms with Crippen LogP contribution in [0.15, 0.2) is 22.2 Å². The lowest BCUT2D eigenvalue weighted by Gasteiger charge is -2.00. The average molecular weight is 293 g/mol. The van der Waals surface area contributed by atoms with E-state index < -0.39 is 0 Å². The van der Waals surface area contributed by atoms with Crippen molar-refractivity contribution < 1.29 is 0 Å². The van der Waals surface area contributed by atoms with Gasteiger partial charge in [-0.05, 0) is 22.0 Å². The Balaban J connectivity index is 2.18. The fourth-order valence-corrected chi connectivity index (χ4v) is 2.77. The van der Waals surface area contributed by atoms with Crippen molar-refractivity contribution in [3.63, 3.8) is 0 Å². The fourth-order valence-electron chi connectivity index (χ4n) is 1.12. The third-order valence-corrected chi connectivity index (χ3v) is 3.68. The number of hydrogen-bond donors (Lipinski definition) is 0. The summed E-state index contributed by atoms with van der Waals surface area (Å²) in [5.74, 6) is 1.20. The summed E-state index contributed by atoms with van der Waals surface area (Å²) in [7, 11) is 0. The number of nitrogens with zero attached hydrogens (tertiary/aromatic N) is 3. The first-order valence-corrected chi connectivity index (χ1v) is 6.16. The molecule has 2 rings (SSSR count). The van der Waals surface area contributed by atoms with Crippen molar-refractivity contribution >= 4 is 38.9 Å². The maximum absolute atomic E-state index is 5.72. The summed E-state index contributed by atoms with van der Waals surface area (Å²) in [4.78, 5) is 1.25. The fraction of sp³-hybridized carbons (Fsp3) is 0.250. The van der Waals surface area contributed by atoms with Crippen molar-refractivity contribution in [1.82, 2.24) is 14.8 Å². The monoisotopic (exact) mass is 291 g/mol. The molecule has 0 spiro atoms. The molecule has 3 nitrogen and oxygen atoms in total. The molecule has 0 N–H and O–H groups in total. The minimum atomic E-state index is 0.395. The molecule has 0 aromatic carbocycles. The Morgan fingerprint density at radius 1 is 1.57 bits per heavy atom. The Morgan fingerprint density at radius 2 is 2.43 bits per heavy atom. The van der Waals surface area contributed by atoms with Crippen LogP contribution in [-0.2, 0) is 12.4 Å². The Hall–Kier alpha value is -0.390. The molecular weight excluding hydrogens is 286 g/mol. The highest BCUT2D eigenvalue weighted by molar-refractivity contribution is 9.10. The highest BCUT2D eigenvalue weighted by atomic mass is 79.9. The third kappa shape index (κ3) is 2.16. The molecule has 0 saturated heterocycles. The standard InChI is InChI=1S/C8H7BrClN3S/c9-6-1-7(14-4-6)3-13-5-11-12-8(13)2-10/h1,4-5H,2-3H2. The summed E-state index contributed by atoms with van der Waals surface area (Å²) in [6.45, 7) is 0.783. The van der Waals surface area contributed by atoms with Crippen LogP contribution in [0.3, 0.4) is 0 Å². The second-order valence-electron chi connectivity index (χ2n) is 2.74. The Bertz CT molecular complexity index is 426. The van der Waals surface area contributed by atoms with E-state index in [1.807, 2.05) is 4.57 Å². The van der Waals surface area contributed by atoms with E-state index in [0.717, 1.165) is 16.8 Å². The zero-order chi connectivity index (χ0) is 9.97. The number of halogens is 2. The van der Waals surface area contributed by atoms with Crippen LogP contribution in [0, 0.1) is 0 Å². The Kier molecular flexibility index (Phi) is 3.20. The molecule has 2 aromatic rings. The molecule has 0 fully saturated rings. The molecule has 0 aliphatic rings. The van der Waals surface area contributed by atoms with E-state index in [1.165, 1.54) is 4.88 Å². The van der Waals surface area contributed by atoms with Crippen LogP contribution in [0.1, 0.15) is 10.7 Å². The third-order valence-electron chi connectivity index (χ3n) is 1.76. The predicted molar refractivity (Wildman–Crippen MR) is 60.7 cm³/mol. The van der Waals surface area contributed by atoms with Gasteiger partial charge in [0.2, 0.25) is 0 Å². The van der Waals surface area contributed by atoms with Gasteiger partial charge in [0.05, 0.1) is 12.4 Å². The first kappa shape index (κ1) is 10.1. The number of aromatic nitrogens is 3. The minimum Gasteiger partial charge on any atom is -0.311 e. The smallest absolute Gasteiger partial charge is 0.148 e. The van der Waals surface area contributed by atoms with Crippen molar-refractivity contribution in [3.05, 3.63) is 32.9 Å². The van der Waals surface area contributed by atoms with E-state index in [2.05, 4.69) is 37.6 Å². The van der Waals surface area contributed by atoms with Crippen LogP contribution in [0.4, 0.5) is 0 Å². The van der Waals surface area contributed by atoms with Gasteiger partial charge in [0.1, 0.15) is 12.2 Å². The normalized spacial score (nSPS) is 10.7. The van der Waals surface area contributed by atoms with E-state index in [1.54, 1.807) is 17.7 Å². The molecule has 0 atom stereocenters. The SMILES string of the molecule is ClCc1nncn1Cc1cc(Br)cs1. The van der Waals surface area contributed by atoms with Crippen LogP contribution in [0.2, 0.25) is 0 Å². The molecule has 0 unspecified atom stereocenters. The largest absolute Gasteiger partial charge is 0.311 e. The van der Waals surface area contributed by atoms with Gasteiger partial charge in [-0.25, -0.2) is 0 Å². The second kappa shape index (κ2) is 4.42.